The molecule has 0 aliphatic rings. The fourth-order valence-corrected chi connectivity index (χ4v) is 1.80. The summed E-state index contributed by atoms with van der Waals surface area (Å²) in [4.78, 5) is 4.02. The summed E-state index contributed by atoms with van der Waals surface area (Å²) in [5, 5.41) is 1.01. The van der Waals surface area contributed by atoms with Crippen molar-refractivity contribution in [1.82, 2.24) is 4.98 Å². The summed E-state index contributed by atoms with van der Waals surface area (Å²) < 4.78 is 1.20. The normalized spacial score (nSPS) is 8.67. The number of hydrogen-bond acceptors (Lipinski definition) is 3. The SMILES string of the molecule is Cl.NCc1ncc(I)s1. The van der Waals surface area contributed by atoms with Crippen molar-refractivity contribution in [2.45, 2.75) is 6.54 Å². The zero-order valence-corrected chi connectivity index (χ0v) is 8.29. The van der Waals surface area contributed by atoms with E-state index < -0.39 is 0 Å². The standard InChI is InChI=1S/C4H5IN2S.ClH/c5-3-2-7-4(1-6)8-3;/h2H,1,6H2;1H. The molecule has 0 atom stereocenters. The number of nitrogens with zero attached hydrogens (tertiary/aromatic N) is 1. The van der Waals surface area contributed by atoms with Gasteiger partial charge in [-0.1, -0.05) is 0 Å². The molecule has 0 aliphatic carbocycles. The first-order valence-electron chi connectivity index (χ1n) is 2.13. The molecule has 2 N–H and O–H groups in total. The van der Waals surface area contributed by atoms with Crippen molar-refractivity contribution in [3.63, 3.8) is 0 Å². The molecule has 0 radical (unpaired) electrons. The third kappa shape index (κ3) is 2.79. The molecule has 1 aromatic rings. The van der Waals surface area contributed by atoms with Crippen LogP contribution >= 0.6 is 46.3 Å². The average molecular weight is 277 g/mol. The molecular weight excluding hydrogens is 270 g/mol. The quantitative estimate of drug-likeness (QED) is 0.792. The molecule has 0 unspecified atom stereocenters. The zero-order chi connectivity index (χ0) is 5.98. The Morgan fingerprint density at radius 1 is 1.78 bits per heavy atom. The highest BCUT2D eigenvalue weighted by Gasteiger charge is 1.93. The number of halogens is 2. The monoisotopic (exact) mass is 276 g/mol. The highest BCUT2D eigenvalue weighted by atomic mass is 127. The van der Waals surface area contributed by atoms with Crippen molar-refractivity contribution in [3.05, 3.63) is 14.1 Å². The van der Waals surface area contributed by atoms with Crippen LogP contribution in [0, 0.1) is 2.88 Å². The van der Waals surface area contributed by atoms with E-state index in [1.165, 1.54) is 2.88 Å². The lowest BCUT2D eigenvalue weighted by Crippen LogP contribution is -1.93. The second kappa shape index (κ2) is 4.43. The summed E-state index contributed by atoms with van der Waals surface area (Å²) in [7, 11) is 0. The van der Waals surface area contributed by atoms with Gasteiger partial charge in [0.2, 0.25) is 0 Å². The minimum atomic E-state index is 0. The summed E-state index contributed by atoms with van der Waals surface area (Å²) in [5.74, 6) is 0. The Morgan fingerprint density at radius 3 is 2.67 bits per heavy atom. The van der Waals surface area contributed by atoms with E-state index in [1.54, 1.807) is 11.3 Å². The summed E-state index contributed by atoms with van der Waals surface area (Å²) in [6.45, 7) is 0.563. The highest BCUT2D eigenvalue weighted by molar-refractivity contribution is 14.1. The maximum Gasteiger partial charge on any atom is 0.107 e. The molecule has 1 aromatic heterocycles. The van der Waals surface area contributed by atoms with Crippen LogP contribution < -0.4 is 5.73 Å². The molecule has 1 heterocycles. The maximum atomic E-state index is 5.31. The van der Waals surface area contributed by atoms with Crippen LogP contribution in [0.15, 0.2) is 6.20 Å². The third-order valence-corrected chi connectivity index (χ3v) is 2.45. The molecule has 0 saturated heterocycles. The van der Waals surface area contributed by atoms with Gasteiger partial charge in [-0.2, -0.15) is 0 Å². The van der Waals surface area contributed by atoms with Crippen molar-refractivity contribution in [3.8, 4) is 0 Å². The molecule has 0 saturated carbocycles. The minimum absolute atomic E-state index is 0. The van der Waals surface area contributed by atoms with Crippen molar-refractivity contribution in [1.29, 1.82) is 0 Å². The number of nitrogens with two attached hydrogens (primary N) is 1. The van der Waals surface area contributed by atoms with Gasteiger partial charge in [-0.3, -0.25) is 0 Å². The van der Waals surface area contributed by atoms with Gasteiger partial charge in [0.1, 0.15) is 5.01 Å². The molecule has 5 heteroatoms. The van der Waals surface area contributed by atoms with Gasteiger partial charge in [0.05, 0.1) is 9.08 Å². The molecule has 0 bridgehead atoms. The van der Waals surface area contributed by atoms with Gasteiger partial charge in [0.25, 0.3) is 0 Å². The van der Waals surface area contributed by atoms with Crippen LogP contribution in [0.4, 0.5) is 0 Å². The van der Waals surface area contributed by atoms with E-state index in [0.29, 0.717) is 6.54 Å². The lowest BCUT2D eigenvalue weighted by atomic mass is 10.7. The van der Waals surface area contributed by atoms with E-state index in [1.807, 2.05) is 6.20 Å². The Balaban J connectivity index is 0.000000640. The van der Waals surface area contributed by atoms with E-state index >= 15 is 0 Å². The van der Waals surface area contributed by atoms with Crippen molar-refractivity contribution >= 4 is 46.3 Å². The van der Waals surface area contributed by atoms with Gasteiger partial charge >= 0.3 is 0 Å². The first kappa shape index (κ1) is 9.61. The smallest absolute Gasteiger partial charge is 0.107 e. The topological polar surface area (TPSA) is 38.9 Å². The minimum Gasteiger partial charge on any atom is -0.325 e. The van der Waals surface area contributed by atoms with Crippen LogP contribution in [-0.4, -0.2) is 4.98 Å². The van der Waals surface area contributed by atoms with Crippen LogP contribution in [0.5, 0.6) is 0 Å². The first-order chi connectivity index (χ1) is 3.83. The van der Waals surface area contributed by atoms with E-state index in [2.05, 4.69) is 27.6 Å². The Labute approximate surface area is 77.4 Å². The molecule has 0 aromatic carbocycles. The molecular formula is C4H6ClIN2S. The van der Waals surface area contributed by atoms with Gasteiger partial charge in [0.15, 0.2) is 0 Å². The molecule has 1 rings (SSSR count). The Morgan fingerprint density at radius 2 is 2.44 bits per heavy atom. The maximum absolute atomic E-state index is 5.31. The van der Waals surface area contributed by atoms with Crippen molar-refractivity contribution in [2.75, 3.05) is 0 Å². The van der Waals surface area contributed by atoms with E-state index in [9.17, 15) is 0 Å². The number of hydrogen-bond donors (Lipinski definition) is 1. The molecule has 9 heavy (non-hydrogen) atoms. The van der Waals surface area contributed by atoms with Gasteiger partial charge < -0.3 is 5.73 Å². The van der Waals surface area contributed by atoms with E-state index in [0.717, 1.165) is 5.01 Å². The lowest BCUT2D eigenvalue weighted by molar-refractivity contribution is 1.04. The van der Waals surface area contributed by atoms with Gasteiger partial charge in [-0.15, -0.1) is 23.7 Å². The van der Waals surface area contributed by atoms with Gasteiger partial charge in [-0.05, 0) is 22.6 Å². The number of aromatic nitrogens is 1. The predicted octanol–water partition coefficient (Wildman–Crippen LogP) is 1.63. The molecule has 0 amide bonds. The van der Waals surface area contributed by atoms with Crippen LogP contribution in [0.25, 0.3) is 0 Å². The lowest BCUT2D eigenvalue weighted by Gasteiger charge is -1.78. The Kier molecular flexibility index (Phi) is 4.73. The van der Waals surface area contributed by atoms with Crippen LogP contribution in [0.2, 0.25) is 0 Å². The van der Waals surface area contributed by atoms with Crippen LogP contribution in [-0.2, 0) is 6.54 Å². The summed E-state index contributed by atoms with van der Waals surface area (Å²) >= 11 is 3.86. The predicted molar refractivity (Wildman–Crippen MR) is 50.0 cm³/mol. The number of rotatable bonds is 1. The third-order valence-electron chi connectivity index (χ3n) is 0.700. The van der Waals surface area contributed by atoms with E-state index in [4.69, 9.17) is 5.73 Å². The second-order valence-electron chi connectivity index (χ2n) is 1.26. The molecule has 0 spiro atoms. The summed E-state index contributed by atoms with van der Waals surface area (Å²) in [6.07, 6.45) is 1.83. The summed E-state index contributed by atoms with van der Waals surface area (Å²) in [6, 6.07) is 0. The molecule has 52 valence electrons. The van der Waals surface area contributed by atoms with Crippen molar-refractivity contribution in [2.24, 2.45) is 5.73 Å². The first-order valence-corrected chi connectivity index (χ1v) is 4.02. The second-order valence-corrected chi connectivity index (χ2v) is 4.27. The number of thiazole rings is 1. The molecule has 2 nitrogen and oxygen atoms in total. The Bertz CT molecular complexity index is 179. The van der Waals surface area contributed by atoms with E-state index in [-0.39, 0.29) is 12.4 Å². The zero-order valence-electron chi connectivity index (χ0n) is 4.50. The van der Waals surface area contributed by atoms with Crippen molar-refractivity contribution < 1.29 is 0 Å². The highest BCUT2D eigenvalue weighted by Crippen LogP contribution is 2.13. The largest absolute Gasteiger partial charge is 0.325 e. The fraction of sp³-hybridized carbons (Fsp3) is 0.250. The molecule has 0 aliphatic heterocycles. The molecule has 0 fully saturated rings. The van der Waals surface area contributed by atoms with Gasteiger partial charge in [0, 0.05) is 6.54 Å². The summed E-state index contributed by atoms with van der Waals surface area (Å²) in [5.41, 5.74) is 5.31. The van der Waals surface area contributed by atoms with Crippen LogP contribution in [0.1, 0.15) is 5.01 Å². The van der Waals surface area contributed by atoms with Crippen LogP contribution in [0.3, 0.4) is 0 Å². The van der Waals surface area contributed by atoms with Gasteiger partial charge in [-0.25, -0.2) is 4.98 Å². The Hall–Kier alpha value is 0.610. The fourth-order valence-electron chi connectivity index (χ4n) is 0.382. The average Bonchev–Trinajstić information content (AvgIpc) is 2.14.